The molecule has 1 atom stereocenters. The first-order valence-corrected chi connectivity index (χ1v) is 12.9. The number of esters is 1. The zero-order valence-electron chi connectivity index (χ0n) is 21.7. The van der Waals surface area contributed by atoms with Crippen LogP contribution in [0.5, 0.6) is 0 Å². The van der Waals surface area contributed by atoms with Crippen molar-refractivity contribution in [2.45, 2.75) is 77.5 Å². The van der Waals surface area contributed by atoms with Crippen molar-refractivity contribution in [3.05, 3.63) is 45.4 Å². The molecular weight excluding hydrogens is 508 g/mol. The van der Waals surface area contributed by atoms with Crippen molar-refractivity contribution in [2.75, 3.05) is 24.4 Å². The summed E-state index contributed by atoms with van der Waals surface area (Å²) in [5, 5.41) is 3.65. The lowest BCUT2D eigenvalue weighted by atomic mass is 9.85. The number of benzene rings is 2. The van der Waals surface area contributed by atoms with Crippen molar-refractivity contribution in [2.24, 2.45) is 0 Å². The van der Waals surface area contributed by atoms with Crippen LogP contribution in [0.15, 0.2) is 28.7 Å². The fourth-order valence-corrected chi connectivity index (χ4v) is 6.16. The SMILES string of the molecule is COC(=O)[C@@H](OC(C)(C)C)c1c(C)c2c(c(Br)c1-c1ccc(C)cc1)NC1(CCCC1)C(=O)N2C. The van der Waals surface area contributed by atoms with Gasteiger partial charge in [0.1, 0.15) is 5.54 Å². The largest absolute Gasteiger partial charge is 0.467 e. The van der Waals surface area contributed by atoms with Crippen molar-refractivity contribution in [3.8, 4) is 11.1 Å². The third-order valence-electron chi connectivity index (χ3n) is 7.06. The molecule has 0 radical (unpaired) electrons. The lowest BCUT2D eigenvalue weighted by Crippen LogP contribution is -2.55. The first-order chi connectivity index (χ1) is 16.4. The summed E-state index contributed by atoms with van der Waals surface area (Å²) >= 11 is 3.90. The maximum absolute atomic E-state index is 13.6. The normalized spacial score (nSPS) is 17.8. The maximum atomic E-state index is 13.6. The number of nitrogens with one attached hydrogen (secondary N) is 1. The van der Waals surface area contributed by atoms with E-state index in [1.165, 1.54) is 7.11 Å². The summed E-state index contributed by atoms with van der Waals surface area (Å²) in [4.78, 5) is 28.5. The molecule has 0 saturated heterocycles. The third kappa shape index (κ3) is 4.49. The number of aryl methyl sites for hydroxylation is 1. The molecule has 0 unspecified atom stereocenters. The topological polar surface area (TPSA) is 67.9 Å². The van der Waals surface area contributed by atoms with Gasteiger partial charge in [-0.3, -0.25) is 4.79 Å². The van der Waals surface area contributed by atoms with Crippen molar-refractivity contribution < 1.29 is 19.1 Å². The fourth-order valence-electron chi connectivity index (χ4n) is 5.43. The molecule has 188 valence electrons. The number of nitrogens with zero attached hydrogens (tertiary/aromatic N) is 1. The zero-order chi connectivity index (χ0) is 25.7. The van der Waals surface area contributed by atoms with E-state index in [1.54, 1.807) is 4.90 Å². The van der Waals surface area contributed by atoms with Crippen LogP contribution in [0.2, 0.25) is 0 Å². The monoisotopic (exact) mass is 542 g/mol. The summed E-state index contributed by atoms with van der Waals surface area (Å²) in [5.74, 6) is -0.411. The van der Waals surface area contributed by atoms with Crippen LogP contribution in [0, 0.1) is 13.8 Å². The van der Waals surface area contributed by atoms with Gasteiger partial charge in [-0.05, 0) is 74.5 Å². The molecule has 1 amide bonds. The number of carbonyl (C=O) groups is 2. The van der Waals surface area contributed by atoms with Crippen LogP contribution in [-0.4, -0.2) is 37.2 Å². The van der Waals surface area contributed by atoms with Gasteiger partial charge in [-0.25, -0.2) is 4.79 Å². The number of methoxy groups -OCH3 is 1. The van der Waals surface area contributed by atoms with E-state index < -0.39 is 23.2 Å². The summed E-state index contributed by atoms with van der Waals surface area (Å²) in [6.45, 7) is 9.75. The van der Waals surface area contributed by atoms with Crippen LogP contribution in [-0.2, 0) is 19.1 Å². The smallest absolute Gasteiger partial charge is 0.339 e. The predicted octanol–water partition coefficient (Wildman–Crippen LogP) is 6.46. The molecule has 1 aliphatic heterocycles. The molecule has 1 fully saturated rings. The quantitative estimate of drug-likeness (QED) is 0.448. The van der Waals surface area contributed by atoms with Crippen LogP contribution in [0.3, 0.4) is 0 Å². The van der Waals surface area contributed by atoms with Crippen molar-refractivity contribution in [1.29, 1.82) is 0 Å². The van der Waals surface area contributed by atoms with Gasteiger partial charge < -0.3 is 19.7 Å². The van der Waals surface area contributed by atoms with E-state index in [-0.39, 0.29) is 5.91 Å². The first-order valence-electron chi connectivity index (χ1n) is 12.1. The Morgan fingerprint density at radius 2 is 1.74 bits per heavy atom. The lowest BCUT2D eigenvalue weighted by molar-refractivity contribution is -0.164. The van der Waals surface area contributed by atoms with Crippen LogP contribution in [0.1, 0.15) is 69.2 Å². The predicted molar refractivity (Wildman–Crippen MR) is 143 cm³/mol. The molecule has 1 heterocycles. The number of halogens is 1. The van der Waals surface area contributed by atoms with E-state index in [4.69, 9.17) is 9.47 Å². The average Bonchev–Trinajstić information content (AvgIpc) is 3.27. The summed E-state index contributed by atoms with van der Waals surface area (Å²) in [6.07, 6.45) is 2.68. The second-order valence-electron chi connectivity index (χ2n) is 10.7. The third-order valence-corrected chi connectivity index (χ3v) is 7.86. The molecule has 1 spiro atoms. The molecule has 0 aromatic heterocycles. The Morgan fingerprint density at radius 1 is 1.14 bits per heavy atom. The molecule has 1 N–H and O–H groups in total. The first kappa shape index (κ1) is 25.7. The summed E-state index contributed by atoms with van der Waals surface area (Å²) in [5.41, 5.74) is 4.92. The number of hydrogen-bond acceptors (Lipinski definition) is 5. The van der Waals surface area contributed by atoms with Crippen molar-refractivity contribution in [3.63, 3.8) is 0 Å². The van der Waals surface area contributed by atoms with E-state index in [0.29, 0.717) is 5.56 Å². The Bertz CT molecular complexity index is 1160. The van der Waals surface area contributed by atoms with Gasteiger partial charge in [-0.15, -0.1) is 0 Å². The molecule has 1 saturated carbocycles. The highest BCUT2D eigenvalue weighted by Crippen LogP contribution is 2.53. The van der Waals surface area contributed by atoms with Gasteiger partial charge in [0.2, 0.25) is 0 Å². The number of hydrogen-bond donors (Lipinski definition) is 1. The van der Waals surface area contributed by atoms with Gasteiger partial charge >= 0.3 is 5.97 Å². The Morgan fingerprint density at radius 3 is 2.29 bits per heavy atom. The van der Waals surface area contributed by atoms with Gasteiger partial charge in [-0.2, -0.15) is 0 Å². The highest BCUT2D eigenvalue weighted by Gasteiger charge is 2.49. The number of carbonyl (C=O) groups excluding carboxylic acids is 2. The van der Waals surface area contributed by atoms with Gasteiger partial charge in [0.15, 0.2) is 6.10 Å². The standard InChI is InChI=1S/C28H35BrN2O4/c1-16-10-12-18(13-11-16)20-19(24(25(32)34-7)35-27(3,4)5)17(2)23-22(21(20)29)30-28(14-8-9-15-28)26(33)31(23)6/h10-13,24,30H,8-9,14-15H2,1-7H3/t24-/m0/s1. The van der Waals surface area contributed by atoms with E-state index in [9.17, 15) is 9.59 Å². The van der Waals surface area contributed by atoms with E-state index in [0.717, 1.165) is 63.8 Å². The molecule has 6 nitrogen and oxygen atoms in total. The highest BCUT2D eigenvalue weighted by molar-refractivity contribution is 9.10. The fraction of sp³-hybridized carbons (Fsp3) is 0.500. The molecule has 35 heavy (non-hydrogen) atoms. The van der Waals surface area contributed by atoms with E-state index in [1.807, 2.05) is 41.7 Å². The number of amides is 1. The lowest BCUT2D eigenvalue weighted by Gasteiger charge is -2.43. The second kappa shape index (κ2) is 9.25. The highest BCUT2D eigenvalue weighted by atomic mass is 79.9. The van der Waals surface area contributed by atoms with Crippen LogP contribution < -0.4 is 10.2 Å². The number of rotatable bonds is 4. The Hall–Kier alpha value is -2.38. The van der Waals surface area contributed by atoms with Crippen LogP contribution in [0.4, 0.5) is 11.4 Å². The molecule has 2 aromatic carbocycles. The minimum Gasteiger partial charge on any atom is -0.467 e. The summed E-state index contributed by atoms with van der Waals surface area (Å²) in [6, 6.07) is 8.22. The number of anilines is 2. The van der Waals surface area contributed by atoms with E-state index in [2.05, 4.69) is 45.5 Å². The molecule has 7 heteroatoms. The maximum Gasteiger partial charge on any atom is 0.339 e. The second-order valence-corrected chi connectivity index (χ2v) is 11.5. The molecule has 4 rings (SSSR count). The van der Waals surface area contributed by atoms with E-state index >= 15 is 0 Å². The number of ether oxygens (including phenoxy) is 2. The molecule has 0 bridgehead atoms. The van der Waals surface area contributed by atoms with Gasteiger partial charge in [0, 0.05) is 18.2 Å². The Kier molecular flexibility index (Phi) is 6.79. The zero-order valence-corrected chi connectivity index (χ0v) is 23.3. The van der Waals surface area contributed by atoms with Crippen molar-refractivity contribution in [1.82, 2.24) is 0 Å². The molecule has 1 aliphatic carbocycles. The van der Waals surface area contributed by atoms with Gasteiger partial charge in [-0.1, -0.05) is 42.7 Å². The molecule has 2 aromatic rings. The average molecular weight is 544 g/mol. The molecular formula is C28H35BrN2O4. The van der Waals surface area contributed by atoms with Gasteiger partial charge in [0.25, 0.3) is 5.91 Å². The van der Waals surface area contributed by atoms with Crippen molar-refractivity contribution >= 4 is 39.2 Å². The number of likely N-dealkylation sites (N-methyl/N-ethyl adjacent to an activating group) is 1. The minimum absolute atomic E-state index is 0.0675. The Labute approximate surface area is 216 Å². The van der Waals surface area contributed by atoms with Gasteiger partial charge in [0.05, 0.1) is 28.6 Å². The van der Waals surface area contributed by atoms with Crippen LogP contribution in [0.25, 0.3) is 11.1 Å². The molecule has 2 aliphatic rings. The van der Waals surface area contributed by atoms with Crippen LogP contribution >= 0.6 is 15.9 Å². The number of fused-ring (bicyclic) bond motifs is 1. The Balaban J connectivity index is 2.05. The summed E-state index contributed by atoms with van der Waals surface area (Å²) < 4.78 is 12.3. The summed E-state index contributed by atoms with van der Waals surface area (Å²) in [7, 11) is 3.20. The minimum atomic E-state index is -0.969.